The zero-order chi connectivity index (χ0) is 19.7. The molecule has 3 aromatic heterocycles. The molecule has 0 aromatic carbocycles. The molecule has 0 unspecified atom stereocenters. The summed E-state index contributed by atoms with van der Waals surface area (Å²) in [6, 6.07) is 2.18. The molecular weight excluding hydrogens is 356 g/mol. The van der Waals surface area contributed by atoms with Crippen LogP contribution in [0.15, 0.2) is 24.7 Å². The van der Waals surface area contributed by atoms with Gasteiger partial charge >= 0.3 is 0 Å². The quantitative estimate of drug-likeness (QED) is 0.621. The van der Waals surface area contributed by atoms with Crippen molar-refractivity contribution in [3.63, 3.8) is 0 Å². The van der Waals surface area contributed by atoms with Crippen LogP contribution < -0.4 is 16.4 Å². The lowest BCUT2D eigenvalue weighted by Crippen LogP contribution is -2.42. The van der Waals surface area contributed by atoms with Crippen LogP contribution in [-0.2, 0) is 13.5 Å². The lowest BCUT2D eigenvalue weighted by molar-refractivity contribution is 0.102. The Morgan fingerprint density at radius 3 is 2.96 bits per heavy atom. The van der Waals surface area contributed by atoms with Crippen molar-refractivity contribution in [2.45, 2.75) is 51.1 Å². The van der Waals surface area contributed by atoms with Crippen molar-refractivity contribution in [3.05, 3.63) is 35.9 Å². The SMILES string of the molecule is CCc1nn(C)cc1NC(=O)c1cnn2ccc(N[C@@H]3CCCC[C@@H]3N)nc12. The van der Waals surface area contributed by atoms with Crippen LogP contribution in [0.2, 0.25) is 0 Å². The maximum Gasteiger partial charge on any atom is 0.261 e. The number of nitrogens with zero attached hydrogens (tertiary/aromatic N) is 5. The van der Waals surface area contributed by atoms with Gasteiger partial charge in [-0.3, -0.25) is 9.48 Å². The Morgan fingerprint density at radius 1 is 1.36 bits per heavy atom. The van der Waals surface area contributed by atoms with Crippen molar-refractivity contribution in [2.24, 2.45) is 12.8 Å². The molecule has 148 valence electrons. The molecule has 4 rings (SSSR count). The van der Waals surface area contributed by atoms with E-state index < -0.39 is 0 Å². The second-order valence-corrected chi connectivity index (χ2v) is 7.31. The van der Waals surface area contributed by atoms with E-state index in [1.165, 1.54) is 19.0 Å². The molecule has 0 saturated heterocycles. The third kappa shape index (κ3) is 3.57. The minimum atomic E-state index is -0.253. The van der Waals surface area contributed by atoms with E-state index in [0.717, 1.165) is 25.0 Å². The van der Waals surface area contributed by atoms with E-state index in [4.69, 9.17) is 5.73 Å². The number of carbonyl (C=O) groups is 1. The number of anilines is 2. The van der Waals surface area contributed by atoms with Gasteiger partial charge in [-0.1, -0.05) is 19.8 Å². The number of nitrogens with one attached hydrogen (secondary N) is 2. The van der Waals surface area contributed by atoms with Gasteiger partial charge in [0.15, 0.2) is 5.65 Å². The fourth-order valence-electron chi connectivity index (χ4n) is 3.73. The summed E-state index contributed by atoms with van der Waals surface area (Å²) in [5, 5.41) is 15.0. The molecule has 2 atom stereocenters. The summed E-state index contributed by atoms with van der Waals surface area (Å²) < 4.78 is 3.29. The summed E-state index contributed by atoms with van der Waals surface area (Å²) in [6.07, 6.45) is 10.3. The Morgan fingerprint density at radius 2 is 2.18 bits per heavy atom. The van der Waals surface area contributed by atoms with Crippen LogP contribution in [-0.4, -0.2) is 42.4 Å². The number of nitrogens with two attached hydrogens (primary N) is 1. The molecule has 0 aliphatic heterocycles. The summed E-state index contributed by atoms with van der Waals surface area (Å²) in [5.74, 6) is 0.455. The first-order valence-electron chi connectivity index (χ1n) is 9.75. The van der Waals surface area contributed by atoms with Crippen LogP contribution in [0, 0.1) is 0 Å². The predicted octanol–water partition coefficient (Wildman–Crippen LogP) is 1.96. The van der Waals surface area contributed by atoms with E-state index in [2.05, 4.69) is 25.8 Å². The summed E-state index contributed by atoms with van der Waals surface area (Å²) in [7, 11) is 1.83. The van der Waals surface area contributed by atoms with E-state index in [-0.39, 0.29) is 18.0 Å². The molecule has 1 amide bonds. The first kappa shape index (κ1) is 18.4. The second kappa shape index (κ2) is 7.59. The maximum atomic E-state index is 12.8. The standard InChI is InChI=1S/C19H26N8O/c1-3-14-16(11-26(2)25-14)23-19(28)12-10-21-27-9-8-17(24-18(12)27)22-15-7-5-4-6-13(15)20/h8-11,13,15H,3-7,20H2,1-2H3,(H,22,24)(H,23,28)/t13-,15+/m0/s1. The van der Waals surface area contributed by atoms with Crippen LogP contribution in [0.3, 0.4) is 0 Å². The highest BCUT2D eigenvalue weighted by Crippen LogP contribution is 2.22. The molecule has 0 bridgehead atoms. The Kier molecular flexibility index (Phi) is 4.99. The summed E-state index contributed by atoms with van der Waals surface area (Å²) in [4.78, 5) is 17.5. The molecule has 4 N–H and O–H groups in total. The van der Waals surface area contributed by atoms with Crippen LogP contribution in [0.4, 0.5) is 11.5 Å². The van der Waals surface area contributed by atoms with Crippen molar-refractivity contribution in [3.8, 4) is 0 Å². The fourth-order valence-corrected chi connectivity index (χ4v) is 3.73. The largest absolute Gasteiger partial charge is 0.366 e. The van der Waals surface area contributed by atoms with E-state index in [9.17, 15) is 4.79 Å². The molecule has 3 aromatic rings. The number of carbonyl (C=O) groups excluding carboxylic acids is 1. The van der Waals surface area contributed by atoms with Crippen molar-refractivity contribution < 1.29 is 4.79 Å². The van der Waals surface area contributed by atoms with Gasteiger partial charge in [0.05, 0.1) is 17.6 Å². The van der Waals surface area contributed by atoms with E-state index in [1.54, 1.807) is 21.6 Å². The molecule has 0 radical (unpaired) electrons. The topological polar surface area (TPSA) is 115 Å². The monoisotopic (exact) mass is 382 g/mol. The zero-order valence-electron chi connectivity index (χ0n) is 16.2. The highest BCUT2D eigenvalue weighted by molar-refractivity contribution is 6.08. The number of hydrogen-bond donors (Lipinski definition) is 3. The van der Waals surface area contributed by atoms with Crippen LogP contribution in [0.5, 0.6) is 0 Å². The van der Waals surface area contributed by atoms with Crippen molar-refractivity contribution in [1.29, 1.82) is 0 Å². The molecule has 1 saturated carbocycles. The number of aryl methyl sites for hydroxylation is 2. The molecule has 1 aliphatic rings. The van der Waals surface area contributed by atoms with E-state index >= 15 is 0 Å². The third-order valence-corrected chi connectivity index (χ3v) is 5.25. The van der Waals surface area contributed by atoms with Crippen LogP contribution >= 0.6 is 0 Å². The maximum absolute atomic E-state index is 12.8. The Balaban J connectivity index is 1.57. The number of fused-ring (bicyclic) bond motifs is 1. The molecule has 0 spiro atoms. The molecule has 1 fully saturated rings. The first-order valence-corrected chi connectivity index (χ1v) is 9.75. The van der Waals surface area contributed by atoms with Gasteiger partial charge in [-0.2, -0.15) is 10.2 Å². The van der Waals surface area contributed by atoms with Gasteiger partial charge in [-0.15, -0.1) is 0 Å². The van der Waals surface area contributed by atoms with Crippen LogP contribution in [0.1, 0.15) is 48.7 Å². The van der Waals surface area contributed by atoms with Crippen molar-refractivity contribution in [2.75, 3.05) is 10.6 Å². The average Bonchev–Trinajstić information content (AvgIpc) is 3.26. The lowest BCUT2D eigenvalue weighted by Gasteiger charge is -2.29. The molecular formula is C19H26N8O. The summed E-state index contributed by atoms with van der Waals surface area (Å²) in [6.45, 7) is 2.00. The molecule has 3 heterocycles. The minimum Gasteiger partial charge on any atom is -0.366 e. The number of hydrogen-bond acceptors (Lipinski definition) is 6. The second-order valence-electron chi connectivity index (χ2n) is 7.31. The number of amides is 1. The van der Waals surface area contributed by atoms with E-state index in [0.29, 0.717) is 22.7 Å². The van der Waals surface area contributed by atoms with Gasteiger partial charge in [0.1, 0.15) is 11.4 Å². The number of rotatable bonds is 5. The minimum absolute atomic E-state index is 0.123. The number of aromatic nitrogens is 5. The molecule has 9 nitrogen and oxygen atoms in total. The first-order chi connectivity index (χ1) is 13.5. The van der Waals surface area contributed by atoms with E-state index in [1.807, 2.05) is 20.0 Å². The van der Waals surface area contributed by atoms with Gasteiger partial charge in [-0.05, 0) is 25.3 Å². The zero-order valence-corrected chi connectivity index (χ0v) is 16.2. The van der Waals surface area contributed by atoms with Crippen molar-refractivity contribution in [1.82, 2.24) is 24.4 Å². The van der Waals surface area contributed by atoms with Gasteiger partial charge < -0.3 is 16.4 Å². The van der Waals surface area contributed by atoms with Gasteiger partial charge in [0, 0.05) is 31.5 Å². The summed E-state index contributed by atoms with van der Waals surface area (Å²) >= 11 is 0. The smallest absolute Gasteiger partial charge is 0.261 e. The van der Waals surface area contributed by atoms with Crippen LogP contribution in [0.25, 0.3) is 5.65 Å². The normalized spacial score (nSPS) is 19.7. The third-order valence-electron chi connectivity index (χ3n) is 5.25. The Bertz CT molecular complexity index is 991. The Labute approximate surface area is 163 Å². The molecule has 9 heteroatoms. The van der Waals surface area contributed by atoms with Gasteiger partial charge in [0.2, 0.25) is 0 Å². The molecule has 28 heavy (non-hydrogen) atoms. The van der Waals surface area contributed by atoms with Crippen molar-refractivity contribution >= 4 is 23.1 Å². The highest BCUT2D eigenvalue weighted by atomic mass is 16.1. The van der Waals surface area contributed by atoms with Gasteiger partial charge in [-0.25, -0.2) is 9.50 Å². The highest BCUT2D eigenvalue weighted by Gasteiger charge is 2.22. The Hall–Kier alpha value is -2.94. The lowest BCUT2D eigenvalue weighted by atomic mass is 9.91. The average molecular weight is 382 g/mol. The predicted molar refractivity (Wildman–Crippen MR) is 107 cm³/mol. The summed E-state index contributed by atoms with van der Waals surface area (Å²) in [5.41, 5.74) is 8.71. The molecule has 1 aliphatic carbocycles. The van der Waals surface area contributed by atoms with Gasteiger partial charge in [0.25, 0.3) is 5.91 Å². The fraction of sp³-hybridized carbons (Fsp3) is 0.474.